The zero-order valence-corrected chi connectivity index (χ0v) is 16.6. The van der Waals surface area contributed by atoms with E-state index in [9.17, 15) is 13.2 Å². The van der Waals surface area contributed by atoms with E-state index in [1.165, 1.54) is 25.3 Å². The lowest BCUT2D eigenvalue weighted by molar-refractivity contribution is 0.0450. The Morgan fingerprint density at radius 2 is 1.82 bits per heavy atom. The first-order valence-corrected chi connectivity index (χ1v) is 10.4. The number of hydrogen-bond acceptors (Lipinski definition) is 6. The molecule has 1 saturated carbocycles. The van der Waals surface area contributed by atoms with Crippen LogP contribution in [0.5, 0.6) is 11.5 Å². The smallest absolute Gasteiger partial charge is 0.338 e. The number of hydrogen-bond donors (Lipinski definition) is 1. The number of carbonyl (C=O) groups excluding carboxylic acids is 1. The highest BCUT2D eigenvalue weighted by atomic mass is 32.2. The fourth-order valence-corrected chi connectivity index (χ4v) is 4.01. The maximum absolute atomic E-state index is 12.5. The Balaban J connectivity index is 1.61. The molecule has 0 amide bonds. The summed E-state index contributed by atoms with van der Waals surface area (Å²) in [5.41, 5.74) is 1.26. The topological polar surface area (TPSA) is 90.9 Å². The van der Waals surface area contributed by atoms with Gasteiger partial charge in [-0.2, -0.15) is 0 Å². The molecule has 1 fully saturated rings. The monoisotopic (exact) mass is 405 g/mol. The summed E-state index contributed by atoms with van der Waals surface area (Å²) in [6.07, 6.45) is 1.62. The number of aryl methyl sites for hydroxylation is 1. The Kier molecular flexibility index (Phi) is 6.21. The molecule has 0 unspecified atom stereocenters. The lowest BCUT2D eigenvalue weighted by atomic mass is 10.2. The third-order valence-electron chi connectivity index (χ3n) is 4.19. The van der Waals surface area contributed by atoms with Gasteiger partial charge in [-0.3, -0.25) is 0 Å². The van der Waals surface area contributed by atoms with E-state index >= 15 is 0 Å². The number of rotatable bonds is 9. The summed E-state index contributed by atoms with van der Waals surface area (Å²) in [6, 6.07) is 11.7. The molecule has 28 heavy (non-hydrogen) atoms. The Hall–Kier alpha value is -2.58. The summed E-state index contributed by atoms with van der Waals surface area (Å²) >= 11 is 0. The Bertz CT molecular complexity index is 936. The number of ether oxygens (including phenoxy) is 3. The first kappa shape index (κ1) is 20.2. The molecule has 0 saturated heterocycles. The van der Waals surface area contributed by atoms with E-state index in [4.69, 9.17) is 14.2 Å². The van der Waals surface area contributed by atoms with Gasteiger partial charge in [0.2, 0.25) is 10.0 Å². The minimum absolute atomic E-state index is 0.0428. The molecular formula is C20H23NO6S. The van der Waals surface area contributed by atoms with E-state index in [1.54, 1.807) is 0 Å². The van der Waals surface area contributed by atoms with Gasteiger partial charge in [0.15, 0.2) is 0 Å². The van der Waals surface area contributed by atoms with Crippen LogP contribution in [-0.4, -0.2) is 40.8 Å². The van der Waals surface area contributed by atoms with Gasteiger partial charge in [-0.05, 0) is 50.1 Å². The van der Waals surface area contributed by atoms with Crippen LogP contribution in [0.4, 0.5) is 0 Å². The van der Waals surface area contributed by atoms with Crippen molar-refractivity contribution in [3.8, 4) is 11.5 Å². The fourth-order valence-electron chi connectivity index (χ4n) is 2.51. The van der Waals surface area contributed by atoms with Crippen molar-refractivity contribution in [3.05, 3.63) is 53.6 Å². The molecular weight excluding hydrogens is 382 g/mol. The number of esters is 1. The van der Waals surface area contributed by atoms with Gasteiger partial charge < -0.3 is 14.2 Å². The third-order valence-corrected chi connectivity index (χ3v) is 5.74. The quantitative estimate of drug-likeness (QED) is 0.510. The number of benzene rings is 2. The molecule has 0 aliphatic heterocycles. The van der Waals surface area contributed by atoms with E-state index in [-0.39, 0.29) is 35.5 Å². The van der Waals surface area contributed by atoms with E-state index in [0.29, 0.717) is 5.75 Å². The van der Waals surface area contributed by atoms with Crippen molar-refractivity contribution in [1.29, 1.82) is 0 Å². The lowest BCUT2D eigenvalue weighted by Gasteiger charge is -2.12. The van der Waals surface area contributed by atoms with E-state index in [1.807, 2.05) is 31.2 Å². The molecule has 8 heteroatoms. The number of sulfonamides is 1. The van der Waals surface area contributed by atoms with Crippen molar-refractivity contribution in [2.24, 2.45) is 0 Å². The summed E-state index contributed by atoms with van der Waals surface area (Å²) in [7, 11) is -2.39. The van der Waals surface area contributed by atoms with Crippen molar-refractivity contribution in [2.75, 3.05) is 20.3 Å². The van der Waals surface area contributed by atoms with Gasteiger partial charge in [0.05, 0.1) is 12.7 Å². The molecule has 0 radical (unpaired) electrons. The molecule has 2 aromatic carbocycles. The molecule has 150 valence electrons. The van der Waals surface area contributed by atoms with Gasteiger partial charge in [-0.1, -0.05) is 17.7 Å². The van der Waals surface area contributed by atoms with Crippen LogP contribution in [0.1, 0.15) is 28.8 Å². The van der Waals surface area contributed by atoms with E-state index in [2.05, 4.69) is 4.72 Å². The van der Waals surface area contributed by atoms with Crippen molar-refractivity contribution in [3.63, 3.8) is 0 Å². The fraction of sp³-hybridized carbons (Fsp3) is 0.350. The summed E-state index contributed by atoms with van der Waals surface area (Å²) in [5, 5.41) is 0. The molecule has 7 nitrogen and oxygen atoms in total. The molecule has 1 aliphatic carbocycles. The van der Waals surface area contributed by atoms with Gasteiger partial charge in [0, 0.05) is 6.04 Å². The molecule has 3 rings (SSSR count). The molecule has 1 N–H and O–H groups in total. The summed E-state index contributed by atoms with van der Waals surface area (Å²) < 4.78 is 43.4. The van der Waals surface area contributed by atoms with Crippen molar-refractivity contribution < 1.29 is 27.4 Å². The highest BCUT2D eigenvalue weighted by molar-refractivity contribution is 7.89. The lowest BCUT2D eigenvalue weighted by Crippen LogP contribution is -2.26. The Labute approximate surface area is 164 Å². The second-order valence-electron chi connectivity index (χ2n) is 6.56. The van der Waals surface area contributed by atoms with Gasteiger partial charge >= 0.3 is 5.97 Å². The highest BCUT2D eigenvalue weighted by Gasteiger charge is 2.30. The van der Waals surface area contributed by atoms with E-state index in [0.717, 1.165) is 18.4 Å². The first-order chi connectivity index (χ1) is 13.4. The molecule has 0 atom stereocenters. The van der Waals surface area contributed by atoms with Gasteiger partial charge in [-0.15, -0.1) is 0 Å². The molecule has 2 aromatic rings. The second kappa shape index (κ2) is 8.62. The van der Waals surface area contributed by atoms with Crippen molar-refractivity contribution in [1.82, 2.24) is 4.72 Å². The highest BCUT2D eigenvalue weighted by Crippen LogP contribution is 2.28. The Morgan fingerprint density at radius 1 is 1.11 bits per heavy atom. The SMILES string of the molecule is COc1ccc(C(=O)OCCOc2ccc(C)cc2)cc1S(=O)(=O)NC1CC1. The number of carbonyl (C=O) groups is 1. The van der Waals surface area contributed by atoms with Gasteiger partial charge in [0.1, 0.15) is 29.6 Å². The second-order valence-corrected chi connectivity index (χ2v) is 8.24. The third kappa shape index (κ3) is 5.24. The van der Waals surface area contributed by atoms with E-state index < -0.39 is 16.0 Å². The summed E-state index contributed by atoms with van der Waals surface area (Å²) in [4.78, 5) is 12.2. The number of nitrogens with one attached hydrogen (secondary N) is 1. The standard InChI is InChI=1S/C20H23NO6S/c1-14-3-8-17(9-4-14)26-11-12-27-20(22)15-5-10-18(25-2)19(13-15)28(23,24)21-16-6-7-16/h3-5,8-10,13,16,21H,6-7,11-12H2,1-2H3. The van der Waals surface area contributed by atoms with Crippen molar-refractivity contribution >= 4 is 16.0 Å². The molecule has 0 heterocycles. The normalized spacial score (nSPS) is 13.8. The van der Waals surface area contributed by atoms with Crippen LogP contribution < -0.4 is 14.2 Å². The molecule has 0 bridgehead atoms. The van der Waals surface area contributed by atoms with Crippen LogP contribution in [0.15, 0.2) is 47.4 Å². The average Bonchev–Trinajstić information content (AvgIpc) is 3.49. The van der Waals surface area contributed by atoms with Crippen LogP contribution in [0.25, 0.3) is 0 Å². The summed E-state index contributed by atoms with van der Waals surface area (Å²) in [5.74, 6) is 0.232. The number of methoxy groups -OCH3 is 1. The molecule has 0 spiro atoms. The molecule has 0 aromatic heterocycles. The predicted molar refractivity (Wildman–Crippen MR) is 103 cm³/mol. The maximum Gasteiger partial charge on any atom is 0.338 e. The van der Waals surface area contributed by atoms with Crippen molar-refractivity contribution in [2.45, 2.75) is 30.7 Å². The minimum atomic E-state index is -3.77. The maximum atomic E-state index is 12.5. The zero-order valence-electron chi connectivity index (χ0n) is 15.8. The Morgan fingerprint density at radius 3 is 2.46 bits per heavy atom. The van der Waals surface area contributed by atoms with Crippen LogP contribution in [-0.2, 0) is 14.8 Å². The largest absolute Gasteiger partial charge is 0.495 e. The van der Waals surface area contributed by atoms with Crippen LogP contribution >= 0.6 is 0 Å². The minimum Gasteiger partial charge on any atom is -0.495 e. The van der Waals surface area contributed by atoms with Gasteiger partial charge in [-0.25, -0.2) is 17.9 Å². The predicted octanol–water partition coefficient (Wildman–Crippen LogP) is 2.68. The molecule has 1 aliphatic rings. The zero-order chi connectivity index (χ0) is 20.1. The summed E-state index contributed by atoms with van der Waals surface area (Å²) in [6.45, 7) is 2.22. The van der Waals surface area contributed by atoms with Crippen LogP contribution in [0, 0.1) is 6.92 Å². The average molecular weight is 405 g/mol. The van der Waals surface area contributed by atoms with Gasteiger partial charge in [0.25, 0.3) is 0 Å². The van der Waals surface area contributed by atoms with Crippen LogP contribution in [0.2, 0.25) is 0 Å². The first-order valence-electron chi connectivity index (χ1n) is 8.96. The van der Waals surface area contributed by atoms with Crippen LogP contribution in [0.3, 0.4) is 0 Å².